The first-order valence-corrected chi connectivity index (χ1v) is 7.10. The first-order chi connectivity index (χ1) is 9.69. The zero-order chi connectivity index (χ0) is 14.1. The minimum atomic E-state index is 0.144. The lowest BCUT2D eigenvalue weighted by Gasteiger charge is -2.32. The van der Waals surface area contributed by atoms with Gasteiger partial charge in [0.05, 0.1) is 19.3 Å². The highest BCUT2D eigenvalue weighted by atomic mass is 16.5. The molecule has 6 heteroatoms. The summed E-state index contributed by atoms with van der Waals surface area (Å²) in [6, 6.07) is 1.95. The van der Waals surface area contributed by atoms with Gasteiger partial charge in [-0.25, -0.2) is 9.97 Å². The molecule has 0 radical (unpaired) electrons. The van der Waals surface area contributed by atoms with E-state index in [1.807, 2.05) is 17.6 Å². The summed E-state index contributed by atoms with van der Waals surface area (Å²) in [6.07, 6.45) is 1.95. The summed E-state index contributed by atoms with van der Waals surface area (Å²) in [4.78, 5) is 11.2. The number of anilines is 1. The van der Waals surface area contributed by atoms with Crippen LogP contribution in [0.15, 0.2) is 12.3 Å². The molecule has 1 unspecified atom stereocenters. The standard InChI is InChI=1S/C14H21N5O/c1-3-18-6-7-20-11(8-18)9-19-13-12(17-14(19)15)10(2)4-5-16-13/h4-5,11H,3,6-9H2,1-2H3,(H2,15,17). The lowest BCUT2D eigenvalue weighted by Crippen LogP contribution is -2.44. The van der Waals surface area contributed by atoms with Gasteiger partial charge in [0.15, 0.2) is 5.65 Å². The third-order valence-electron chi connectivity index (χ3n) is 3.92. The molecule has 0 bridgehead atoms. The van der Waals surface area contributed by atoms with E-state index >= 15 is 0 Å². The number of ether oxygens (including phenoxy) is 1. The Morgan fingerprint density at radius 1 is 1.50 bits per heavy atom. The molecule has 1 fully saturated rings. The first-order valence-electron chi connectivity index (χ1n) is 7.10. The molecular weight excluding hydrogens is 254 g/mol. The van der Waals surface area contributed by atoms with Crippen LogP contribution in [0.4, 0.5) is 5.95 Å². The van der Waals surface area contributed by atoms with Gasteiger partial charge in [-0.05, 0) is 25.1 Å². The van der Waals surface area contributed by atoms with E-state index in [0.29, 0.717) is 12.5 Å². The van der Waals surface area contributed by atoms with Crippen molar-refractivity contribution in [2.24, 2.45) is 0 Å². The van der Waals surface area contributed by atoms with Crippen molar-refractivity contribution in [3.63, 3.8) is 0 Å². The second kappa shape index (κ2) is 5.38. The van der Waals surface area contributed by atoms with E-state index < -0.39 is 0 Å². The highest BCUT2D eigenvalue weighted by Crippen LogP contribution is 2.20. The maximum atomic E-state index is 6.05. The van der Waals surface area contributed by atoms with Crippen LogP contribution in [0.2, 0.25) is 0 Å². The van der Waals surface area contributed by atoms with Crippen LogP contribution in [-0.2, 0) is 11.3 Å². The largest absolute Gasteiger partial charge is 0.374 e. The maximum absolute atomic E-state index is 6.05. The van der Waals surface area contributed by atoms with Crippen LogP contribution in [0.3, 0.4) is 0 Å². The van der Waals surface area contributed by atoms with Gasteiger partial charge >= 0.3 is 0 Å². The Labute approximate surface area is 118 Å². The van der Waals surface area contributed by atoms with Gasteiger partial charge in [-0.1, -0.05) is 6.92 Å². The van der Waals surface area contributed by atoms with Crippen molar-refractivity contribution in [1.82, 2.24) is 19.4 Å². The number of nitrogen functional groups attached to an aromatic ring is 1. The van der Waals surface area contributed by atoms with Crippen molar-refractivity contribution < 1.29 is 4.74 Å². The minimum Gasteiger partial charge on any atom is -0.374 e. The second-order valence-corrected chi connectivity index (χ2v) is 5.27. The molecule has 3 heterocycles. The summed E-state index contributed by atoms with van der Waals surface area (Å²) >= 11 is 0. The number of fused-ring (bicyclic) bond motifs is 1. The molecule has 0 aromatic carbocycles. The van der Waals surface area contributed by atoms with Crippen molar-refractivity contribution >= 4 is 17.1 Å². The Morgan fingerprint density at radius 2 is 2.35 bits per heavy atom. The zero-order valence-electron chi connectivity index (χ0n) is 12.0. The van der Waals surface area contributed by atoms with Gasteiger partial charge in [0.1, 0.15) is 5.52 Å². The summed E-state index contributed by atoms with van der Waals surface area (Å²) in [6.45, 7) is 8.67. The number of aromatic nitrogens is 3. The smallest absolute Gasteiger partial charge is 0.202 e. The Bertz CT molecular complexity index is 609. The van der Waals surface area contributed by atoms with Gasteiger partial charge in [-0.3, -0.25) is 9.47 Å². The van der Waals surface area contributed by atoms with Crippen molar-refractivity contribution in [3.05, 3.63) is 17.8 Å². The Hall–Kier alpha value is -1.66. The van der Waals surface area contributed by atoms with Gasteiger partial charge in [-0.2, -0.15) is 0 Å². The number of rotatable bonds is 3. The van der Waals surface area contributed by atoms with Crippen LogP contribution in [-0.4, -0.2) is 51.8 Å². The summed E-state index contributed by atoms with van der Waals surface area (Å²) in [5, 5.41) is 0. The number of morpholine rings is 1. The van der Waals surface area contributed by atoms with Crippen molar-refractivity contribution in [2.75, 3.05) is 32.0 Å². The predicted molar refractivity (Wildman–Crippen MR) is 78.5 cm³/mol. The van der Waals surface area contributed by atoms with Gasteiger partial charge in [0.2, 0.25) is 5.95 Å². The van der Waals surface area contributed by atoms with Crippen LogP contribution < -0.4 is 5.73 Å². The fourth-order valence-electron chi connectivity index (χ4n) is 2.72. The number of nitrogens with two attached hydrogens (primary N) is 1. The van der Waals surface area contributed by atoms with Crippen LogP contribution in [0, 0.1) is 6.92 Å². The average Bonchev–Trinajstić information content (AvgIpc) is 2.78. The van der Waals surface area contributed by atoms with Gasteiger partial charge < -0.3 is 10.5 Å². The lowest BCUT2D eigenvalue weighted by atomic mass is 10.2. The Balaban J connectivity index is 1.87. The quantitative estimate of drug-likeness (QED) is 0.906. The molecule has 0 spiro atoms. The van der Waals surface area contributed by atoms with Gasteiger partial charge in [-0.15, -0.1) is 0 Å². The molecule has 2 aromatic heterocycles. The SMILES string of the molecule is CCN1CCOC(Cn2c(N)nc3c(C)ccnc32)C1. The van der Waals surface area contributed by atoms with Crippen molar-refractivity contribution in [3.8, 4) is 0 Å². The molecule has 1 atom stereocenters. The third kappa shape index (κ3) is 2.36. The predicted octanol–water partition coefficient (Wildman–Crippen LogP) is 1.04. The molecular formula is C14H21N5O. The normalized spacial score (nSPS) is 20.6. The van der Waals surface area contributed by atoms with E-state index in [-0.39, 0.29) is 6.10 Å². The third-order valence-corrected chi connectivity index (χ3v) is 3.92. The van der Waals surface area contributed by atoms with E-state index in [1.165, 1.54) is 0 Å². The molecule has 0 aliphatic carbocycles. The highest BCUT2D eigenvalue weighted by Gasteiger charge is 2.22. The monoisotopic (exact) mass is 275 g/mol. The minimum absolute atomic E-state index is 0.144. The van der Waals surface area contributed by atoms with E-state index in [1.54, 1.807) is 6.20 Å². The molecule has 108 valence electrons. The number of aryl methyl sites for hydroxylation is 1. The van der Waals surface area contributed by atoms with E-state index in [0.717, 1.165) is 43.0 Å². The topological polar surface area (TPSA) is 69.2 Å². The molecule has 1 aliphatic heterocycles. The van der Waals surface area contributed by atoms with Crippen LogP contribution >= 0.6 is 0 Å². The van der Waals surface area contributed by atoms with Crippen molar-refractivity contribution in [1.29, 1.82) is 0 Å². The molecule has 2 aromatic rings. The number of likely N-dealkylation sites (N-methyl/N-ethyl adjacent to an activating group) is 1. The fraction of sp³-hybridized carbons (Fsp3) is 0.571. The van der Waals surface area contributed by atoms with Crippen LogP contribution in [0.25, 0.3) is 11.2 Å². The highest BCUT2D eigenvalue weighted by molar-refractivity contribution is 5.77. The number of hydrogen-bond donors (Lipinski definition) is 1. The molecule has 2 N–H and O–H groups in total. The van der Waals surface area contributed by atoms with E-state index in [9.17, 15) is 0 Å². The molecule has 1 aliphatic rings. The summed E-state index contributed by atoms with van der Waals surface area (Å²) < 4.78 is 7.81. The summed E-state index contributed by atoms with van der Waals surface area (Å²) in [5.41, 5.74) is 8.88. The molecule has 3 rings (SSSR count). The van der Waals surface area contributed by atoms with Gasteiger partial charge in [0, 0.05) is 19.3 Å². The number of hydrogen-bond acceptors (Lipinski definition) is 5. The molecule has 1 saturated heterocycles. The van der Waals surface area contributed by atoms with Gasteiger partial charge in [0.25, 0.3) is 0 Å². The fourth-order valence-corrected chi connectivity index (χ4v) is 2.72. The molecule has 0 saturated carbocycles. The number of imidazole rings is 1. The van der Waals surface area contributed by atoms with Crippen molar-refractivity contribution in [2.45, 2.75) is 26.5 Å². The zero-order valence-corrected chi connectivity index (χ0v) is 12.0. The summed E-state index contributed by atoms with van der Waals surface area (Å²) in [7, 11) is 0. The van der Waals surface area contributed by atoms with E-state index in [2.05, 4.69) is 21.8 Å². The van der Waals surface area contributed by atoms with Crippen LogP contribution in [0.1, 0.15) is 12.5 Å². The second-order valence-electron chi connectivity index (χ2n) is 5.27. The number of nitrogens with zero attached hydrogens (tertiary/aromatic N) is 4. The lowest BCUT2D eigenvalue weighted by molar-refractivity contribution is -0.0336. The van der Waals surface area contributed by atoms with Crippen LogP contribution in [0.5, 0.6) is 0 Å². The Morgan fingerprint density at radius 3 is 3.15 bits per heavy atom. The molecule has 6 nitrogen and oxygen atoms in total. The first kappa shape index (κ1) is 13.3. The number of pyridine rings is 1. The molecule has 0 amide bonds. The summed E-state index contributed by atoms with van der Waals surface area (Å²) in [5.74, 6) is 0.513. The Kier molecular flexibility index (Phi) is 3.58. The average molecular weight is 275 g/mol. The molecule has 20 heavy (non-hydrogen) atoms. The maximum Gasteiger partial charge on any atom is 0.202 e. The van der Waals surface area contributed by atoms with E-state index in [4.69, 9.17) is 10.5 Å².